The molecule has 1 aliphatic rings. The van der Waals surface area contributed by atoms with Gasteiger partial charge in [0.15, 0.2) is 0 Å². The Kier molecular flexibility index (Phi) is 7.13. The van der Waals surface area contributed by atoms with Crippen LogP contribution in [0.2, 0.25) is 0 Å². The van der Waals surface area contributed by atoms with Gasteiger partial charge in [0.2, 0.25) is 5.91 Å². The Hall–Kier alpha value is -2.29. The highest BCUT2D eigenvalue weighted by atomic mass is 32.1. The SMILES string of the molecule is CCOC(=O)c1c(-c2ccc(F)cc2)csc1NC(=O)CNC[C@H]1CCCO1. The molecule has 0 aliphatic carbocycles. The third-order valence-electron chi connectivity index (χ3n) is 4.36. The van der Waals surface area contributed by atoms with Crippen molar-refractivity contribution in [3.63, 3.8) is 0 Å². The van der Waals surface area contributed by atoms with Gasteiger partial charge < -0.3 is 20.1 Å². The fraction of sp³-hybridized carbons (Fsp3) is 0.400. The van der Waals surface area contributed by atoms with Gasteiger partial charge in [-0.05, 0) is 37.5 Å². The maximum Gasteiger partial charge on any atom is 0.341 e. The van der Waals surface area contributed by atoms with Crippen LogP contribution in [-0.2, 0) is 14.3 Å². The molecule has 2 N–H and O–H groups in total. The third-order valence-corrected chi connectivity index (χ3v) is 5.26. The van der Waals surface area contributed by atoms with Crippen molar-refractivity contribution in [2.24, 2.45) is 0 Å². The molecule has 1 saturated heterocycles. The Balaban J connectivity index is 1.71. The van der Waals surface area contributed by atoms with E-state index in [0.717, 1.165) is 19.4 Å². The monoisotopic (exact) mass is 406 g/mol. The Morgan fingerprint density at radius 2 is 2.11 bits per heavy atom. The molecule has 2 heterocycles. The number of anilines is 1. The van der Waals surface area contributed by atoms with E-state index in [1.165, 1.54) is 23.5 Å². The van der Waals surface area contributed by atoms with Crippen molar-refractivity contribution in [1.29, 1.82) is 0 Å². The van der Waals surface area contributed by atoms with E-state index in [0.29, 0.717) is 22.7 Å². The van der Waals surface area contributed by atoms with Gasteiger partial charge in [0.05, 0.1) is 19.3 Å². The molecule has 8 heteroatoms. The lowest BCUT2D eigenvalue weighted by atomic mass is 10.0. The van der Waals surface area contributed by atoms with Gasteiger partial charge in [0.25, 0.3) is 0 Å². The molecule has 0 saturated carbocycles. The van der Waals surface area contributed by atoms with Crippen molar-refractivity contribution in [2.45, 2.75) is 25.9 Å². The molecular weight excluding hydrogens is 383 g/mol. The van der Waals surface area contributed by atoms with Crippen molar-refractivity contribution < 1.29 is 23.5 Å². The molecule has 28 heavy (non-hydrogen) atoms. The van der Waals surface area contributed by atoms with E-state index < -0.39 is 5.97 Å². The molecular formula is C20H23FN2O4S. The van der Waals surface area contributed by atoms with Crippen LogP contribution in [0.5, 0.6) is 0 Å². The van der Waals surface area contributed by atoms with Crippen molar-refractivity contribution in [1.82, 2.24) is 5.32 Å². The molecule has 0 bridgehead atoms. The Labute approximate surface area is 167 Å². The number of amides is 1. The van der Waals surface area contributed by atoms with Gasteiger partial charge in [-0.25, -0.2) is 9.18 Å². The average molecular weight is 406 g/mol. The minimum absolute atomic E-state index is 0.117. The second-order valence-corrected chi connectivity index (χ2v) is 7.27. The Bertz CT molecular complexity index is 816. The largest absolute Gasteiger partial charge is 0.462 e. The van der Waals surface area contributed by atoms with Gasteiger partial charge in [0.1, 0.15) is 16.4 Å². The van der Waals surface area contributed by atoms with Gasteiger partial charge in [-0.15, -0.1) is 11.3 Å². The van der Waals surface area contributed by atoms with Crippen molar-refractivity contribution >= 4 is 28.2 Å². The van der Waals surface area contributed by atoms with Gasteiger partial charge in [-0.1, -0.05) is 12.1 Å². The van der Waals surface area contributed by atoms with E-state index in [2.05, 4.69) is 10.6 Å². The number of carbonyl (C=O) groups excluding carboxylic acids is 2. The van der Waals surface area contributed by atoms with E-state index in [1.54, 1.807) is 24.4 Å². The third kappa shape index (κ3) is 5.15. The van der Waals surface area contributed by atoms with Crippen LogP contribution < -0.4 is 10.6 Å². The molecule has 3 rings (SSSR count). The molecule has 0 radical (unpaired) electrons. The fourth-order valence-electron chi connectivity index (χ4n) is 3.02. The minimum atomic E-state index is -0.523. The highest BCUT2D eigenvalue weighted by Crippen LogP contribution is 2.36. The van der Waals surface area contributed by atoms with Crippen LogP contribution in [0, 0.1) is 5.82 Å². The first-order chi connectivity index (χ1) is 13.6. The fourth-order valence-corrected chi connectivity index (χ4v) is 3.99. The molecule has 150 valence electrons. The predicted molar refractivity (Wildman–Crippen MR) is 106 cm³/mol. The average Bonchev–Trinajstić information content (AvgIpc) is 3.32. The lowest BCUT2D eigenvalue weighted by Gasteiger charge is -2.11. The lowest BCUT2D eigenvalue weighted by Crippen LogP contribution is -2.33. The molecule has 0 unspecified atom stereocenters. The highest BCUT2D eigenvalue weighted by Gasteiger charge is 2.23. The Morgan fingerprint density at radius 3 is 2.79 bits per heavy atom. The molecule has 1 aromatic carbocycles. The molecule has 1 amide bonds. The van der Waals surface area contributed by atoms with Gasteiger partial charge in [0, 0.05) is 24.1 Å². The summed E-state index contributed by atoms with van der Waals surface area (Å²) in [4.78, 5) is 24.8. The van der Waals surface area contributed by atoms with Crippen molar-refractivity contribution in [3.05, 3.63) is 41.0 Å². The summed E-state index contributed by atoms with van der Waals surface area (Å²) in [6.45, 7) is 3.43. The number of benzene rings is 1. The molecule has 1 aromatic heterocycles. The van der Waals surface area contributed by atoms with E-state index >= 15 is 0 Å². The zero-order valence-corrected chi connectivity index (χ0v) is 16.4. The van der Waals surface area contributed by atoms with E-state index in [-0.39, 0.29) is 36.5 Å². The van der Waals surface area contributed by atoms with Crippen LogP contribution >= 0.6 is 11.3 Å². The number of ether oxygens (including phenoxy) is 2. The minimum Gasteiger partial charge on any atom is -0.462 e. The van der Waals surface area contributed by atoms with Gasteiger partial charge in [-0.2, -0.15) is 0 Å². The number of thiophene rings is 1. The number of rotatable bonds is 8. The van der Waals surface area contributed by atoms with Crippen LogP contribution in [0.25, 0.3) is 11.1 Å². The van der Waals surface area contributed by atoms with Gasteiger partial charge in [-0.3, -0.25) is 4.79 Å². The number of esters is 1. The second-order valence-electron chi connectivity index (χ2n) is 6.39. The quantitative estimate of drug-likeness (QED) is 0.657. The molecule has 1 fully saturated rings. The van der Waals surface area contributed by atoms with Crippen molar-refractivity contribution in [3.8, 4) is 11.1 Å². The predicted octanol–water partition coefficient (Wildman–Crippen LogP) is 3.44. The second kappa shape index (κ2) is 9.77. The van der Waals surface area contributed by atoms with E-state index in [9.17, 15) is 14.0 Å². The first-order valence-electron chi connectivity index (χ1n) is 9.25. The summed E-state index contributed by atoms with van der Waals surface area (Å²) >= 11 is 1.24. The zero-order valence-electron chi connectivity index (χ0n) is 15.6. The molecule has 1 aliphatic heterocycles. The first-order valence-corrected chi connectivity index (χ1v) is 10.1. The van der Waals surface area contributed by atoms with Crippen LogP contribution in [0.15, 0.2) is 29.6 Å². The number of carbonyl (C=O) groups is 2. The summed E-state index contributed by atoms with van der Waals surface area (Å²) in [6, 6.07) is 5.84. The molecule has 2 aromatic rings. The molecule has 0 spiro atoms. The van der Waals surface area contributed by atoms with E-state index in [1.807, 2.05) is 0 Å². The van der Waals surface area contributed by atoms with E-state index in [4.69, 9.17) is 9.47 Å². The van der Waals surface area contributed by atoms with Crippen molar-refractivity contribution in [2.75, 3.05) is 31.6 Å². The summed E-state index contributed by atoms with van der Waals surface area (Å²) < 4.78 is 23.9. The standard InChI is InChI=1S/C20H23FN2O4S/c1-2-26-20(25)18-16(13-5-7-14(21)8-6-13)12-28-19(18)23-17(24)11-22-10-15-4-3-9-27-15/h5-8,12,15,22H,2-4,9-11H2,1H3,(H,23,24)/t15-/m1/s1. The topological polar surface area (TPSA) is 76.7 Å². The van der Waals surface area contributed by atoms with Crippen LogP contribution in [0.3, 0.4) is 0 Å². The smallest absolute Gasteiger partial charge is 0.341 e. The summed E-state index contributed by atoms with van der Waals surface area (Å²) in [5.74, 6) is -1.13. The normalized spacial score (nSPS) is 16.1. The summed E-state index contributed by atoms with van der Waals surface area (Å²) in [7, 11) is 0. The first kappa shape index (κ1) is 20.4. The maximum absolute atomic E-state index is 13.2. The van der Waals surface area contributed by atoms with Crippen LogP contribution in [0.4, 0.5) is 9.39 Å². The maximum atomic E-state index is 13.2. The number of nitrogens with one attached hydrogen (secondary N) is 2. The molecule has 1 atom stereocenters. The summed E-state index contributed by atoms with van der Waals surface area (Å²) in [5, 5.41) is 8.03. The summed E-state index contributed by atoms with van der Waals surface area (Å²) in [6.07, 6.45) is 2.19. The summed E-state index contributed by atoms with van der Waals surface area (Å²) in [5.41, 5.74) is 1.56. The van der Waals surface area contributed by atoms with Crippen LogP contribution in [-0.4, -0.2) is 44.3 Å². The number of halogens is 1. The molecule has 6 nitrogen and oxygen atoms in total. The highest BCUT2D eigenvalue weighted by molar-refractivity contribution is 7.15. The Morgan fingerprint density at radius 1 is 1.32 bits per heavy atom. The lowest BCUT2D eigenvalue weighted by molar-refractivity contribution is -0.115. The van der Waals surface area contributed by atoms with Crippen LogP contribution in [0.1, 0.15) is 30.1 Å². The zero-order chi connectivity index (χ0) is 19.9. The number of hydrogen-bond acceptors (Lipinski definition) is 6. The van der Waals surface area contributed by atoms with Gasteiger partial charge >= 0.3 is 5.97 Å². The number of hydrogen-bond donors (Lipinski definition) is 2.